The molecule has 1 aromatic carbocycles. The van der Waals surface area contributed by atoms with Gasteiger partial charge in [0, 0.05) is 12.1 Å². The van der Waals surface area contributed by atoms with E-state index >= 15 is 0 Å². The molecule has 0 amide bonds. The summed E-state index contributed by atoms with van der Waals surface area (Å²) in [6.45, 7) is 2.22. The largest absolute Gasteiger partial charge is 0.307 e. The molecule has 2 fully saturated rings. The fourth-order valence-electron chi connectivity index (χ4n) is 3.57. The van der Waals surface area contributed by atoms with Crippen molar-refractivity contribution in [3.63, 3.8) is 0 Å². The second-order valence-electron chi connectivity index (χ2n) is 5.69. The van der Waals surface area contributed by atoms with Crippen molar-refractivity contribution in [2.45, 2.75) is 57.5 Å². The Kier molecular flexibility index (Phi) is 3.19. The van der Waals surface area contributed by atoms with Crippen LogP contribution in [0, 0.1) is 5.92 Å². The summed E-state index contributed by atoms with van der Waals surface area (Å²) in [7, 11) is 0. The van der Waals surface area contributed by atoms with Gasteiger partial charge in [-0.1, -0.05) is 37.6 Å². The van der Waals surface area contributed by atoms with Gasteiger partial charge in [0.05, 0.1) is 0 Å². The zero-order chi connectivity index (χ0) is 11.7. The quantitative estimate of drug-likeness (QED) is 0.812. The Labute approximate surface area is 105 Å². The molecule has 1 aliphatic heterocycles. The maximum absolute atomic E-state index is 3.87. The van der Waals surface area contributed by atoms with E-state index in [2.05, 4.69) is 36.5 Å². The first-order chi connectivity index (χ1) is 8.36. The molecular weight excluding hydrogens is 206 g/mol. The monoisotopic (exact) mass is 229 g/mol. The predicted molar refractivity (Wildman–Crippen MR) is 72.1 cm³/mol. The summed E-state index contributed by atoms with van der Waals surface area (Å²) in [6, 6.07) is 10.6. The third-order valence-corrected chi connectivity index (χ3v) is 4.69. The van der Waals surface area contributed by atoms with Crippen LogP contribution in [0.25, 0.3) is 0 Å². The summed E-state index contributed by atoms with van der Waals surface area (Å²) in [5.41, 5.74) is 2.94. The first-order valence-corrected chi connectivity index (χ1v) is 7.21. The first kappa shape index (κ1) is 11.3. The Morgan fingerprint density at radius 2 is 1.88 bits per heavy atom. The van der Waals surface area contributed by atoms with Gasteiger partial charge in [-0.15, -0.1) is 0 Å². The van der Waals surface area contributed by atoms with Crippen molar-refractivity contribution in [2.24, 2.45) is 5.92 Å². The normalized spacial score (nSPS) is 32.4. The molecule has 2 aliphatic rings. The minimum Gasteiger partial charge on any atom is -0.307 e. The van der Waals surface area contributed by atoms with Gasteiger partial charge in [0.25, 0.3) is 0 Å². The fourth-order valence-corrected chi connectivity index (χ4v) is 3.57. The molecule has 0 radical (unpaired) electrons. The van der Waals surface area contributed by atoms with Crippen LogP contribution in [0.15, 0.2) is 24.3 Å². The minimum absolute atomic E-state index is 0.611. The highest BCUT2D eigenvalue weighted by Gasteiger charge is 2.33. The maximum atomic E-state index is 3.87. The average molecular weight is 229 g/mol. The van der Waals surface area contributed by atoms with Gasteiger partial charge in [0.1, 0.15) is 0 Å². The first-order valence-electron chi connectivity index (χ1n) is 7.21. The fraction of sp³-hybridized carbons (Fsp3) is 0.625. The zero-order valence-corrected chi connectivity index (χ0v) is 10.8. The van der Waals surface area contributed by atoms with Crippen molar-refractivity contribution in [2.75, 3.05) is 0 Å². The van der Waals surface area contributed by atoms with E-state index in [4.69, 9.17) is 0 Å². The molecule has 1 saturated carbocycles. The Balaban J connectivity index is 1.71. The molecule has 17 heavy (non-hydrogen) atoms. The third kappa shape index (κ3) is 2.26. The van der Waals surface area contributed by atoms with Crippen molar-refractivity contribution in [3.05, 3.63) is 35.4 Å². The van der Waals surface area contributed by atoms with Crippen LogP contribution in [0.5, 0.6) is 0 Å². The van der Waals surface area contributed by atoms with E-state index in [1.165, 1.54) is 43.2 Å². The highest BCUT2D eigenvalue weighted by atomic mass is 15.0. The molecule has 1 aromatic rings. The SMILES string of the molecule is CCc1ccc(C2CCC3CCCC3N2)cc1. The van der Waals surface area contributed by atoms with Crippen LogP contribution in [0.1, 0.15) is 56.2 Å². The number of aryl methyl sites for hydroxylation is 1. The Morgan fingerprint density at radius 3 is 2.65 bits per heavy atom. The molecule has 1 aliphatic carbocycles. The summed E-state index contributed by atoms with van der Waals surface area (Å²) >= 11 is 0. The molecule has 0 bridgehead atoms. The van der Waals surface area contributed by atoms with Crippen LogP contribution in [0.3, 0.4) is 0 Å². The van der Waals surface area contributed by atoms with Gasteiger partial charge >= 0.3 is 0 Å². The van der Waals surface area contributed by atoms with Gasteiger partial charge in [-0.05, 0) is 49.1 Å². The average Bonchev–Trinajstić information content (AvgIpc) is 2.86. The lowest BCUT2D eigenvalue weighted by molar-refractivity contribution is 0.261. The standard InChI is InChI=1S/C16H23N/c1-2-12-6-8-14(9-7-12)16-11-10-13-4-3-5-15(13)17-16/h6-9,13,15-17H,2-5,10-11H2,1H3. The number of nitrogens with one attached hydrogen (secondary N) is 1. The van der Waals surface area contributed by atoms with Crippen molar-refractivity contribution in [3.8, 4) is 0 Å². The zero-order valence-electron chi connectivity index (χ0n) is 10.8. The van der Waals surface area contributed by atoms with E-state index in [0.29, 0.717) is 6.04 Å². The van der Waals surface area contributed by atoms with Gasteiger partial charge in [0.15, 0.2) is 0 Å². The van der Waals surface area contributed by atoms with Crippen LogP contribution in [0.4, 0.5) is 0 Å². The lowest BCUT2D eigenvalue weighted by atomic mass is 9.87. The summed E-state index contributed by atoms with van der Waals surface area (Å²) in [4.78, 5) is 0. The summed E-state index contributed by atoms with van der Waals surface area (Å²) in [5.74, 6) is 0.973. The van der Waals surface area contributed by atoms with Gasteiger partial charge < -0.3 is 5.32 Å². The summed E-state index contributed by atoms with van der Waals surface area (Å²) in [5, 5.41) is 3.87. The van der Waals surface area contributed by atoms with Crippen molar-refractivity contribution in [1.82, 2.24) is 5.32 Å². The van der Waals surface area contributed by atoms with Gasteiger partial charge in [-0.3, -0.25) is 0 Å². The highest BCUT2D eigenvalue weighted by Crippen LogP contribution is 2.37. The molecule has 1 N–H and O–H groups in total. The summed E-state index contributed by atoms with van der Waals surface area (Å²) in [6.07, 6.45) is 8.19. The van der Waals surface area contributed by atoms with Gasteiger partial charge in [-0.2, -0.15) is 0 Å². The predicted octanol–water partition coefficient (Wildman–Crippen LogP) is 3.84. The van der Waals surface area contributed by atoms with Crippen LogP contribution in [-0.4, -0.2) is 6.04 Å². The molecule has 1 heterocycles. The molecule has 3 unspecified atom stereocenters. The molecule has 3 rings (SSSR count). The number of piperidine rings is 1. The topological polar surface area (TPSA) is 12.0 Å². The van der Waals surface area contributed by atoms with E-state index in [9.17, 15) is 0 Å². The van der Waals surface area contributed by atoms with E-state index in [1.807, 2.05) is 0 Å². The molecule has 1 saturated heterocycles. The molecule has 1 nitrogen and oxygen atoms in total. The third-order valence-electron chi connectivity index (χ3n) is 4.69. The van der Waals surface area contributed by atoms with Gasteiger partial charge in [-0.25, -0.2) is 0 Å². The Morgan fingerprint density at radius 1 is 1.06 bits per heavy atom. The van der Waals surface area contributed by atoms with E-state index in [-0.39, 0.29) is 0 Å². The molecule has 92 valence electrons. The van der Waals surface area contributed by atoms with Crippen molar-refractivity contribution >= 4 is 0 Å². The Bertz CT molecular complexity index is 368. The molecular formula is C16H23N. The number of benzene rings is 1. The molecule has 3 atom stereocenters. The van der Waals surface area contributed by atoms with Crippen LogP contribution in [-0.2, 0) is 6.42 Å². The maximum Gasteiger partial charge on any atom is 0.0322 e. The smallest absolute Gasteiger partial charge is 0.0322 e. The van der Waals surface area contributed by atoms with Gasteiger partial charge in [0.2, 0.25) is 0 Å². The second kappa shape index (κ2) is 4.81. The van der Waals surface area contributed by atoms with Crippen LogP contribution >= 0.6 is 0 Å². The van der Waals surface area contributed by atoms with E-state index < -0.39 is 0 Å². The number of fused-ring (bicyclic) bond motifs is 1. The molecule has 1 heteroatoms. The molecule has 0 aromatic heterocycles. The second-order valence-corrected chi connectivity index (χ2v) is 5.69. The number of rotatable bonds is 2. The highest BCUT2D eigenvalue weighted by molar-refractivity contribution is 5.25. The summed E-state index contributed by atoms with van der Waals surface area (Å²) < 4.78 is 0. The number of hydrogen-bond donors (Lipinski definition) is 1. The van der Waals surface area contributed by atoms with Crippen molar-refractivity contribution in [1.29, 1.82) is 0 Å². The Hall–Kier alpha value is -0.820. The number of hydrogen-bond acceptors (Lipinski definition) is 1. The van der Waals surface area contributed by atoms with E-state index in [1.54, 1.807) is 0 Å². The molecule has 0 spiro atoms. The minimum atomic E-state index is 0.611. The lowest BCUT2D eigenvalue weighted by Gasteiger charge is -2.34. The van der Waals surface area contributed by atoms with Crippen LogP contribution in [0.2, 0.25) is 0 Å². The van der Waals surface area contributed by atoms with Crippen LogP contribution < -0.4 is 5.32 Å². The van der Waals surface area contributed by atoms with E-state index in [0.717, 1.165) is 18.4 Å². The lowest BCUT2D eigenvalue weighted by Crippen LogP contribution is -2.40. The van der Waals surface area contributed by atoms with Crippen molar-refractivity contribution < 1.29 is 0 Å².